The minimum Gasteiger partial charge on any atom is -0.377 e. The lowest BCUT2D eigenvalue weighted by molar-refractivity contribution is 0.0787. The summed E-state index contributed by atoms with van der Waals surface area (Å²) in [6.45, 7) is 8.28. The highest BCUT2D eigenvalue weighted by molar-refractivity contribution is 4.74. The zero-order valence-corrected chi connectivity index (χ0v) is 9.88. The van der Waals surface area contributed by atoms with E-state index in [4.69, 9.17) is 4.74 Å². The topological polar surface area (TPSA) is 21.3 Å². The molecule has 2 heteroatoms. The molecule has 1 rings (SSSR count). The van der Waals surface area contributed by atoms with Crippen LogP contribution in [0.5, 0.6) is 0 Å². The van der Waals surface area contributed by atoms with Crippen molar-refractivity contribution in [2.24, 2.45) is 5.92 Å². The molecule has 0 aromatic heterocycles. The van der Waals surface area contributed by atoms with Gasteiger partial charge in [-0.25, -0.2) is 0 Å². The van der Waals surface area contributed by atoms with Crippen LogP contribution in [0.25, 0.3) is 0 Å². The second-order valence-electron chi connectivity index (χ2n) is 4.81. The second kappa shape index (κ2) is 6.41. The fourth-order valence-electron chi connectivity index (χ4n) is 1.91. The lowest BCUT2D eigenvalue weighted by Crippen LogP contribution is -2.33. The van der Waals surface area contributed by atoms with Crippen molar-refractivity contribution in [2.75, 3.05) is 13.2 Å². The number of ether oxygens (including phenoxy) is 1. The van der Waals surface area contributed by atoms with Gasteiger partial charge in [-0.2, -0.15) is 0 Å². The largest absolute Gasteiger partial charge is 0.377 e. The second-order valence-corrected chi connectivity index (χ2v) is 4.81. The Labute approximate surface area is 88.4 Å². The van der Waals surface area contributed by atoms with Crippen molar-refractivity contribution in [3.05, 3.63) is 0 Å². The van der Waals surface area contributed by atoms with Crippen LogP contribution in [0.15, 0.2) is 0 Å². The third-order valence-corrected chi connectivity index (χ3v) is 2.96. The first-order valence-electron chi connectivity index (χ1n) is 6.03. The summed E-state index contributed by atoms with van der Waals surface area (Å²) in [5.41, 5.74) is 0. The van der Waals surface area contributed by atoms with Crippen LogP contribution in [0.3, 0.4) is 0 Å². The molecule has 0 bridgehead atoms. The molecule has 1 aliphatic carbocycles. The quantitative estimate of drug-likeness (QED) is 0.636. The molecule has 0 aliphatic heterocycles. The number of nitrogens with one attached hydrogen (secondary N) is 1. The van der Waals surface area contributed by atoms with Crippen LogP contribution in [0.2, 0.25) is 0 Å². The zero-order chi connectivity index (χ0) is 10.4. The van der Waals surface area contributed by atoms with Crippen LogP contribution in [-0.4, -0.2) is 25.3 Å². The van der Waals surface area contributed by atoms with Gasteiger partial charge < -0.3 is 10.1 Å². The molecule has 84 valence electrons. The molecular weight excluding hydrogens is 174 g/mol. The molecule has 0 amide bonds. The van der Waals surface area contributed by atoms with Gasteiger partial charge in [-0.3, -0.25) is 0 Å². The van der Waals surface area contributed by atoms with Crippen molar-refractivity contribution in [3.8, 4) is 0 Å². The molecule has 0 aromatic carbocycles. The van der Waals surface area contributed by atoms with Gasteiger partial charge in [-0.15, -0.1) is 0 Å². The van der Waals surface area contributed by atoms with Crippen molar-refractivity contribution in [3.63, 3.8) is 0 Å². The average molecular weight is 199 g/mol. The summed E-state index contributed by atoms with van der Waals surface area (Å²) in [6, 6.07) is 0.663. The maximum atomic E-state index is 5.48. The number of rotatable bonds is 7. The van der Waals surface area contributed by atoms with Gasteiger partial charge in [0, 0.05) is 12.6 Å². The molecule has 0 radical (unpaired) electrons. The summed E-state index contributed by atoms with van der Waals surface area (Å²) in [4.78, 5) is 0. The molecular formula is C12H25NO. The highest BCUT2D eigenvalue weighted by Crippen LogP contribution is 2.30. The van der Waals surface area contributed by atoms with E-state index in [2.05, 4.69) is 26.1 Å². The Hall–Kier alpha value is -0.0800. The summed E-state index contributed by atoms with van der Waals surface area (Å²) in [5.74, 6) is 1.00. The fraction of sp³-hybridized carbons (Fsp3) is 1.00. The highest BCUT2D eigenvalue weighted by atomic mass is 16.5. The first-order chi connectivity index (χ1) is 6.68. The van der Waals surface area contributed by atoms with E-state index < -0.39 is 0 Å². The van der Waals surface area contributed by atoms with Gasteiger partial charge in [-0.1, -0.05) is 19.3 Å². The molecule has 1 aliphatic rings. The molecule has 14 heavy (non-hydrogen) atoms. The van der Waals surface area contributed by atoms with Crippen LogP contribution in [0.4, 0.5) is 0 Å². The predicted molar refractivity (Wildman–Crippen MR) is 60.5 cm³/mol. The smallest absolute Gasteiger partial charge is 0.0594 e. The normalized spacial score (nSPS) is 19.7. The highest BCUT2D eigenvalue weighted by Gasteiger charge is 2.19. The molecule has 0 aromatic rings. The Kier molecular flexibility index (Phi) is 5.49. The monoisotopic (exact) mass is 199 g/mol. The van der Waals surface area contributed by atoms with Crippen LogP contribution in [0.1, 0.15) is 46.5 Å². The number of hydrogen-bond donors (Lipinski definition) is 1. The molecule has 1 fully saturated rings. The maximum Gasteiger partial charge on any atom is 0.0594 e. The van der Waals surface area contributed by atoms with E-state index in [1.165, 1.54) is 25.7 Å². The summed E-state index contributed by atoms with van der Waals surface area (Å²) in [7, 11) is 0. The van der Waals surface area contributed by atoms with E-state index in [0.717, 1.165) is 19.1 Å². The first kappa shape index (κ1) is 12.0. The Morgan fingerprint density at radius 1 is 1.29 bits per heavy atom. The van der Waals surface area contributed by atoms with Gasteiger partial charge in [0.25, 0.3) is 0 Å². The fourth-order valence-corrected chi connectivity index (χ4v) is 1.91. The van der Waals surface area contributed by atoms with Crippen molar-refractivity contribution in [1.82, 2.24) is 5.32 Å². The Bertz CT molecular complexity index is 143. The average Bonchev–Trinajstić information content (AvgIpc) is 2.05. The van der Waals surface area contributed by atoms with Gasteiger partial charge in [0.05, 0.1) is 12.7 Å². The van der Waals surface area contributed by atoms with Gasteiger partial charge in [0.1, 0.15) is 0 Å². The van der Waals surface area contributed by atoms with E-state index in [1.54, 1.807) is 0 Å². The zero-order valence-electron chi connectivity index (χ0n) is 9.88. The maximum absolute atomic E-state index is 5.48. The third kappa shape index (κ3) is 4.97. The molecule has 0 saturated heterocycles. The SMILES string of the molecule is CC(CC1CCC1)NCCOC(C)C. The molecule has 0 heterocycles. The van der Waals surface area contributed by atoms with Crippen molar-refractivity contribution >= 4 is 0 Å². The Morgan fingerprint density at radius 2 is 2.00 bits per heavy atom. The van der Waals surface area contributed by atoms with Gasteiger partial charge >= 0.3 is 0 Å². The minimum atomic E-state index is 0.360. The van der Waals surface area contributed by atoms with Crippen molar-refractivity contribution in [2.45, 2.75) is 58.6 Å². The molecule has 1 atom stereocenters. The van der Waals surface area contributed by atoms with E-state index in [-0.39, 0.29) is 0 Å². The third-order valence-electron chi connectivity index (χ3n) is 2.96. The molecule has 1 unspecified atom stereocenters. The van der Waals surface area contributed by atoms with Gasteiger partial charge in [0.2, 0.25) is 0 Å². The van der Waals surface area contributed by atoms with E-state index in [1.807, 2.05) is 0 Å². The van der Waals surface area contributed by atoms with E-state index in [9.17, 15) is 0 Å². The van der Waals surface area contributed by atoms with Crippen molar-refractivity contribution in [1.29, 1.82) is 0 Å². The lowest BCUT2D eigenvalue weighted by atomic mass is 9.81. The van der Waals surface area contributed by atoms with Crippen LogP contribution in [0, 0.1) is 5.92 Å². The standard InChI is InChI=1S/C12H25NO/c1-10(2)14-8-7-13-11(3)9-12-5-4-6-12/h10-13H,4-9H2,1-3H3. The summed E-state index contributed by atoms with van der Waals surface area (Å²) < 4.78 is 5.48. The van der Waals surface area contributed by atoms with Crippen molar-refractivity contribution < 1.29 is 4.74 Å². The molecule has 0 spiro atoms. The van der Waals surface area contributed by atoms with Crippen LogP contribution in [-0.2, 0) is 4.74 Å². The minimum absolute atomic E-state index is 0.360. The Morgan fingerprint density at radius 3 is 2.50 bits per heavy atom. The predicted octanol–water partition coefficient (Wildman–Crippen LogP) is 2.58. The lowest BCUT2D eigenvalue weighted by Gasteiger charge is -2.28. The van der Waals surface area contributed by atoms with E-state index >= 15 is 0 Å². The van der Waals surface area contributed by atoms with Crippen LogP contribution >= 0.6 is 0 Å². The molecule has 1 N–H and O–H groups in total. The Balaban J connectivity index is 1.89. The summed E-state index contributed by atoms with van der Waals surface area (Å²) >= 11 is 0. The van der Waals surface area contributed by atoms with Gasteiger partial charge in [0.15, 0.2) is 0 Å². The van der Waals surface area contributed by atoms with Gasteiger partial charge in [-0.05, 0) is 33.1 Å². The summed E-state index contributed by atoms with van der Waals surface area (Å²) in [6.07, 6.45) is 6.07. The number of hydrogen-bond acceptors (Lipinski definition) is 2. The first-order valence-corrected chi connectivity index (χ1v) is 6.03. The van der Waals surface area contributed by atoms with E-state index in [0.29, 0.717) is 12.1 Å². The van der Waals surface area contributed by atoms with Crippen LogP contribution < -0.4 is 5.32 Å². The molecule has 1 saturated carbocycles. The molecule has 2 nitrogen and oxygen atoms in total. The summed E-state index contributed by atoms with van der Waals surface area (Å²) in [5, 5.41) is 3.51.